The average Bonchev–Trinajstić information content (AvgIpc) is 2.87. The fourth-order valence-corrected chi connectivity index (χ4v) is 3.36. The zero-order valence-electron chi connectivity index (χ0n) is 19.0. The normalized spacial score (nSPS) is 13.6. The summed E-state index contributed by atoms with van der Waals surface area (Å²) in [6.07, 6.45) is 2.73. The van der Waals surface area contributed by atoms with E-state index in [1.165, 1.54) is 73.8 Å². The molecule has 0 aliphatic carbocycles. The lowest BCUT2D eigenvalue weighted by atomic mass is 9.92. The number of nitrogens with two attached hydrogens (primary N) is 1. The monoisotopic (exact) mass is 511 g/mol. The van der Waals surface area contributed by atoms with Crippen LogP contribution in [0, 0.1) is 5.82 Å². The van der Waals surface area contributed by atoms with Crippen LogP contribution in [0.5, 0.6) is 5.88 Å². The van der Waals surface area contributed by atoms with E-state index in [4.69, 9.17) is 27.2 Å². The van der Waals surface area contributed by atoms with Crippen LogP contribution in [0.4, 0.5) is 10.1 Å². The number of nitrogens with zero attached hydrogens (tertiary/aromatic N) is 2. The molecule has 0 saturated carbocycles. The van der Waals surface area contributed by atoms with Gasteiger partial charge in [0.15, 0.2) is 0 Å². The van der Waals surface area contributed by atoms with Crippen molar-refractivity contribution in [3.8, 4) is 5.88 Å². The Bertz CT molecular complexity index is 1420. The molecular formula is C25H19ClFN3O6. The Morgan fingerprint density at radius 1 is 1.11 bits per heavy atom. The molecule has 0 fully saturated rings. The first-order valence-corrected chi connectivity index (χ1v) is 10.6. The third kappa shape index (κ3) is 5.56. The van der Waals surface area contributed by atoms with E-state index in [2.05, 4.69) is 4.98 Å². The van der Waals surface area contributed by atoms with Gasteiger partial charge in [0.05, 0.1) is 29.0 Å². The summed E-state index contributed by atoms with van der Waals surface area (Å²) >= 11 is 5.62. The molecule has 2 amide bonds. The van der Waals surface area contributed by atoms with E-state index in [1.54, 1.807) is 0 Å². The van der Waals surface area contributed by atoms with Crippen molar-refractivity contribution >= 4 is 46.9 Å². The molecule has 9 nitrogen and oxygen atoms in total. The average molecular weight is 512 g/mol. The van der Waals surface area contributed by atoms with Crippen molar-refractivity contribution in [3.63, 3.8) is 0 Å². The summed E-state index contributed by atoms with van der Waals surface area (Å²) in [7, 11) is 2.96. The summed E-state index contributed by atoms with van der Waals surface area (Å²) in [5.41, 5.74) is 5.89. The first kappa shape index (κ1) is 26.0. The number of carbonyl (C=O) groups excluding carboxylic acids is 3. The number of Topliss-reactive ketones (excluding diaryl/α,β-unsaturated/α-hetero) is 1. The SMILES string of the molecule is CN1C(=O)/C(=C\c2ccc(Cl)c(F)c2)C(=O)c2cc(C(=O)O)ccc21.COc1cc(C(N)=O)ccn1. The van der Waals surface area contributed by atoms with Gasteiger partial charge < -0.3 is 20.5 Å². The van der Waals surface area contributed by atoms with Crippen LogP contribution < -0.4 is 15.4 Å². The van der Waals surface area contributed by atoms with Gasteiger partial charge in [-0.1, -0.05) is 17.7 Å². The summed E-state index contributed by atoms with van der Waals surface area (Å²) in [5.74, 6) is -3.12. The Labute approximate surface area is 209 Å². The number of carboxylic acid groups (broad SMARTS) is 1. The lowest BCUT2D eigenvalue weighted by Crippen LogP contribution is -2.36. The third-order valence-corrected chi connectivity index (χ3v) is 5.42. The number of carbonyl (C=O) groups is 4. The topological polar surface area (TPSA) is 140 Å². The minimum Gasteiger partial charge on any atom is -0.481 e. The molecular weight excluding hydrogens is 493 g/mol. The molecule has 0 saturated heterocycles. The summed E-state index contributed by atoms with van der Waals surface area (Å²) in [6, 6.07) is 10.9. The van der Waals surface area contributed by atoms with E-state index in [1.807, 2.05) is 0 Å². The summed E-state index contributed by atoms with van der Waals surface area (Å²) < 4.78 is 18.4. The largest absolute Gasteiger partial charge is 0.481 e. The fraction of sp³-hybridized carbons (Fsp3) is 0.0800. The lowest BCUT2D eigenvalue weighted by Gasteiger charge is -2.26. The van der Waals surface area contributed by atoms with Gasteiger partial charge in [-0.2, -0.15) is 0 Å². The maximum atomic E-state index is 13.6. The Balaban J connectivity index is 0.000000275. The first-order chi connectivity index (χ1) is 17.0. The Morgan fingerprint density at radius 2 is 1.83 bits per heavy atom. The van der Waals surface area contributed by atoms with Gasteiger partial charge in [-0.25, -0.2) is 14.2 Å². The molecule has 3 aromatic rings. The zero-order chi connectivity index (χ0) is 26.6. The van der Waals surface area contributed by atoms with Crippen LogP contribution in [0.15, 0.2) is 60.3 Å². The fourth-order valence-electron chi connectivity index (χ4n) is 3.25. The molecule has 2 aromatic carbocycles. The number of pyridine rings is 1. The number of aromatic nitrogens is 1. The van der Waals surface area contributed by atoms with E-state index in [0.29, 0.717) is 22.7 Å². The second-order valence-corrected chi connectivity index (χ2v) is 7.82. The van der Waals surface area contributed by atoms with Crippen molar-refractivity contribution < 1.29 is 33.4 Å². The Morgan fingerprint density at radius 3 is 2.44 bits per heavy atom. The van der Waals surface area contributed by atoms with Gasteiger partial charge in [0, 0.05) is 30.4 Å². The maximum absolute atomic E-state index is 13.6. The molecule has 11 heteroatoms. The van der Waals surface area contributed by atoms with Crippen LogP contribution in [0.1, 0.15) is 36.6 Å². The number of amides is 2. The molecule has 1 aliphatic rings. The second kappa shape index (κ2) is 10.8. The predicted octanol–water partition coefficient (Wildman–Crippen LogP) is 3.61. The highest BCUT2D eigenvalue weighted by Crippen LogP contribution is 2.31. The minimum absolute atomic E-state index is 0.0632. The second-order valence-electron chi connectivity index (χ2n) is 7.41. The Hall–Kier alpha value is -4.57. The van der Waals surface area contributed by atoms with Crippen LogP contribution in [-0.4, -0.2) is 47.8 Å². The number of carboxylic acids is 1. The van der Waals surface area contributed by atoms with Crippen LogP contribution in [0.2, 0.25) is 5.02 Å². The van der Waals surface area contributed by atoms with E-state index in [9.17, 15) is 23.6 Å². The zero-order valence-corrected chi connectivity index (χ0v) is 19.7. The molecule has 1 aromatic heterocycles. The first-order valence-electron chi connectivity index (χ1n) is 10.2. The van der Waals surface area contributed by atoms with E-state index < -0.39 is 29.4 Å². The highest BCUT2D eigenvalue weighted by atomic mass is 35.5. The van der Waals surface area contributed by atoms with Gasteiger partial charge in [-0.05, 0) is 48.0 Å². The molecule has 0 bridgehead atoms. The highest BCUT2D eigenvalue weighted by molar-refractivity contribution is 6.36. The van der Waals surface area contributed by atoms with Crippen LogP contribution in [-0.2, 0) is 4.79 Å². The van der Waals surface area contributed by atoms with Gasteiger partial charge in [0.2, 0.25) is 17.6 Å². The molecule has 36 heavy (non-hydrogen) atoms. The molecule has 1 aliphatic heterocycles. The number of aromatic carboxylic acids is 1. The molecule has 0 atom stereocenters. The number of likely N-dealkylation sites (N-methyl/N-ethyl adjacent to an activating group) is 1. The number of ether oxygens (including phenoxy) is 1. The number of hydrogen-bond acceptors (Lipinski definition) is 6. The van der Waals surface area contributed by atoms with Crippen LogP contribution in [0.3, 0.4) is 0 Å². The molecule has 184 valence electrons. The summed E-state index contributed by atoms with van der Waals surface area (Å²) in [6.45, 7) is 0. The smallest absolute Gasteiger partial charge is 0.335 e. The maximum Gasteiger partial charge on any atom is 0.335 e. The van der Waals surface area contributed by atoms with Crippen molar-refractivity contribution in [2.75, 3.05) is 19.1 Å². The molecule has 3 N–H and O–H groups in total. The van der Waals surface area contributed by atoms with E-state index in [-0.39, 0.29) is 21.7 Å². The van der Waals surface area contributed by atoms with Crippen molar-refractivity contribution in [2.24, 2.45) is 5.73 Å². The summed E-state index contributed by atoms with van der Waals surface area (Å²) in [4.78, 5) is 51.9. The van der Waals surface area contributed by atoms with Crippen molar-refractivity contribution in [2.45, 2.75) is 0 Å². The van der Waals surface area contributed by atoms with Gasteiger partial charge in [-0.15, -0.1) is 0 Å². The lowest BCUT2D eigenvalue weighted by molar-refractivity contribution is -0.114. The number of primary amides is 1. The third-order valence-electron chi connectivity index (χ3n) is 5.11. The van der Waals surface area contributed by atoms with Gasteiger partial charge in [0.25, 0.3) is 5.91 Å². The number of methoxy groups -OCH3 is 1. The molecule has 2 heterocycles. The quantitative estimate of drug-likeness (QED) is 0.402. The minimum atomic E-state index is -1.18. The van der Waals surface area contributed by atoms with E-state index in [0.717, 1.165) is 6.07 Å². The standard InChI is InChI=1S/C18H11ClFNO4.C7H8N2O2/c1-21-15-5-3-10(18(24)25)8-11(15)16(22)12(17(21)23)6-9-2-4-13(19)14(20)7-9;1-11-6-4-5(7(8)10)2-3-9-6/h2-8H,1H3,(H,24,25);2-4H,1H3,(H2,8,10)/b12-6-;. The van der Waals surface area contributed by atoms with Crippen LogP contribution in [0.25, 0.3) is 6.08 Å². The number of anilines is 1. The number of hydrogen-bond donors (Lipinski definition) is 2. The predicted molar refractivity (Wildman–Crippen MR) is 130 cm³/mol. The molecule has 0 spiro atoms. The summed E-state index contributed by atoms with van der Waals surface area (Å²) in [5, 5.41) is 9.02. The number of fused-ring (bicyclic) bond motifs is 1. The van der Waals surface area contributed by atoms with Crippen LogP contribution >= 0.6 is 11.6 Å². The number of ketones is 1. The van der Waals surface area contributed by atoms with Crippen molar-refractivity contribution in [1.29, 1.82) is 0 Å². The highest BCUT2D eigenvalue weighted by Gasteiger charge is 2.33. The van der Waals surface area contributed by atoms with Crippen molar-refractivity contribution in [3.05, 3.63) is 93.4 Å². The number of rotatable bonds is 4. The number of benzene rings is 2. The molecule has 4 rings (SSSR count). The Kier molecular flexibility index (Phi) is 7.80. The molecule has 0 radical (unpaired) electrons. The van der Waals surface area contributed by atoms with Crippen molar-refractivity contribution in [1.82, 2.24) is 4.98 Å². The van der Waals surface area contributed by atoms with Gasteiger partial charge >= 0.3 is 5.97 Å². The molecule has 0 unspecified atom stereocenters. The number of halogens is 2. The van der Waals surface area contributed by atoms with E-state index >= 15 is 0 Å². The van der Waals surface area contributed by atoms with Gasteiger partial charge in [0.1, 0.15) is 5.82 Å². The van der Waals surface area contributed by atoms with Gasteiger partial charge in [-0.3, -0.25) is 14.4 Å².